The third-order valence-corrected chi connectivity index (χ3v) is 4.34. The standard InChI is InChI=1S/C17H23N5O2/c1-20-9-10-24-14(15(20)13-7-5-4-6-8-13)11-21(2)17(23)16-18-12-22(3)19-16/h4-8,12,14-15H,9-11H2,1-3H3/t14-,15-/m0/s1. The Morgan fingerprint density at radius 1 is 1.33 bits per heavy atom. The zero-order chi connectivity index (χ0) is 17.1. The summed E-state index contributed by atoms with van der Waals surface area (Å²) in [4.78, 5) is 20.4. The SMILES string of the molecule is CN(C[C@@H]1OCCN(C)[C@H]1c1ccccc1)C(=O)c1ncn(C)n1. The Balaban J connectivity index is 1.75. The number of carbonyl (C=O) groups is 1. The summed E-state index contributed by atoms with van der Waals surface area (Å²) >= 11 is 0. The van der Waals surface area contributed by atoms with Gasteiger partial charge in [-0.05, 0) is 12.6 Å². The molecule has 1 saturated heterocycles. The maximum absolute atomic E-state index is 12.5. The highest BCUT2D eigenvalue weighted by atomic mass is 16.5. The summed E-state index contributed by atoms with van der Waals surface area (Å²) in [6.07, 6.45) is 1.43. The second kappa shape index (κ2) is 7.11. The molecule has 1 aliphatic rings. The number of amides is 1. The number of aromatic nitrogens is 3. The molecular weight excluding hydrogens is 306 g/mol. The average molecular weight is 329 g/mol. The van der Waals surface area contributed by atoms with Gasteiger partial charge in [-0.15, -0.1) is 5.10 Å². The average Bonchev–Trinajstić information content (AvgIpc) is 3.01. The van der Waals surface area contributed by atoms with Crippen LogP contribution in [0.3, 0.4) is 0 Å². The second-order valence-electron chi connectivity index (χ2n) is 6.17. The highest BCUT2D eigenvalue weighted by molar-refractivity contribution is 5.90. The first-order chi connectivity index (χ1) is 11.6. The fourth-order valence-electron chi connectivity index (χ4n) is 3.09. The first kappa shape index (κ1) is 16.6. The van der Waals surface area contributed by atoms with Crippen molar-refractivity contribution in [2.75, 3.05) is 33.8 Å². The van der Waals surface area contributed by atoms with E-state index in [2.05, 4.69) is 34.2 Å². The smallest absolute Gasteiger partial charge is 0.293 e. The number of nitrogens with zero attached hydrogens (tertiary/aromatic N) is 5. The molecule has 0 bridgehead atoms. The number of carbonyl (C=O) groups excluding carboxylic acids is 1. The van der Waals surface area contributed by atoms with Crippen LogP contribution in [-0.2, 0) is 11.8 Å². The van der Waals surface area contributed by atoms with E-state index in [1.54, 1.807) is 19.0 Å². The third kappa shape index (κ3) is 3.47. The van der Waals surface area contributed by atoms with Gasteiger partial charge in [0.25, 0.3) is 5.91 Å². The lowest BCUT2D eigenvalue weighted by Gasteiger charge is -2.40. The van der Waals surface area contributed by atoms with Gasteiger partial charge in [0, 0.05) is 27.2 Å². The molecule has 0 radical (unpaired) electrons. The van der Waals surface area contributed by atoms with E-state index in [0.717, 1.165) is 6.54 Å². The first-order valence-corrected chi connectivity index (χ1v) is 8.04. The van der Waals surface area contributed by atoms with E-state index in [1.807, 2.05) is 18.2 Å². The van der Waals surface area contributed by atoms with Crippen molar-refractivity contribution < 1.29 is 9.53 Å². The number of rotatable bonds is 4. The number of likely N-dealkylation sites (N-methyl/N-ethyl adjacent to an activating group) is 2. The molecule has 0 aliphatic carbocycles. The highest BCUT2D eigenvalue weighted by Gasteiger charge is 2.33. The van der Waals surface area contributed by atoms with E-state index in [0.29, 0.717) is 13.2 Å². The van der Waals surface area contributed by atoms with E-state index < -0.39 is 0 Å². The minimum Gasteiger partial charge on any atom is -0.373 e. The monoisotopic (exact) mass is 329 g/mol. The predicted octanol–water partition coefficient (Wildman–Crippen LogP) is 0.959. The van der Waals surface area contributed by atoms with Gasteiger partial charge in [-0.25, -0.2) is 4.98 Å². The summed E-state index contributed by atoms with van der Waals surface area (Å²) in [5, 5.41) is 4.08. The van der Waals surface area contributed by atoms with Gasteiger partial charge in [-0.1, -0.05) is 30.3 Å². The number of hydrogen-bond acceptors (Lipinski definition) is 5. The van der Waals surface area contributed by atoms with Crippen LogP contribution in [0.25, 0.3) is 0 Å². The Bertz CT molecular complexity index is 687. The number of ether oxygens (including phenoxy) is 1. The molecule has 1 aliphatic heterocycles. The summed E-state index contributed by atoms with van der Waals surface area (Å²) in [7, 11) is 5.60. The molecule has 0 unspecified atom stereocenters. The fraction of sp³-hybridized carbons (Fsp3) is 0.471. The summed E-state index contributed by atoms with van der Waals surface area (Å²) in [6.45, 7) is 2.02. The molecule has 7 nitrogen and oxygen atoms in total. The van der Waals surface area contributed by atoms with Crippen molar-refractivity contribution in [2.24, 2.45) is 7.05 Å². The molecule has 1 amide bonds. The quantitative estimate of drug-likeness (QED) is 0.836. The summed E-state index contributed by atoms with van der Waals surface area (Å²) in [6, 6.07) is 10.4. The van der Waals surface area contributed by atoms with Crippen molar-refractivity contribution >= 4 is 5.91 Å². The van der Waals surface area contributed by atoms with Crippen LogP contribution in [0, 0.1) is 0 Å². The zero-order valence-corrected chi connectivity index (χ0v) is 14.3. The van der Waals surface area contributed by atoms with Gasteiger partial charge in [0.15, 0.2) is 0 Å². The summed E-state index contributed by atoms with van der Waals surface area (Å²) < 4.78 is 7.52. The molecule has 1 aromatic carbocycles. The minimum atomic E-state index is -0.195. The lowest BCUT2D eigenvalue weighted by atomic mass is 9.98. The van der Waals surface area contributed by atoms with E-state index in [4.69, 9.17) is 4.74 Å². The molecule has 3 rings (SSSR count). The first-order valence-electron chi connectivity index (χ1n) is 8.04. The minimum absolute atomic E-state index is 0.0937. The number of hydrogen-bond donors (Lipinski definition) is 0. The maximum atomic E-state index is 12.5. The molecule has 2 heterocycles. The van der Waals surface area contributed by atoms with E-state index >= 15 is 0 Å². The highest BCUT2D eigenvalue weighted by Crippen LogP contribution is 2.28. The number of morpholine rings is 1. The van der Waals surface area contributed by atoms with Crippen molar-refractivity contribution in [1.82, 2.24) is 24.6 Å². The number of aryl methyl sites for hydroxylation is 1. The molecule has 1 fully saturated rings. The Hall–Kier alpha value is -2.25. The lowest BCUT2D eigenvalue weighted by Crippen LogP contribution is -2.48. The Labute approximate surface area is 141 Å². The van der Waals surface area contributed by atoms with Crippen LogP contribution < -0.4 is 0 Å². The van der Waals surface area contributed by atoms with Crippen LogP contribution in [0.15, 0.2) is 36.7 Å². The van der Waals surface area contributed by atoms with Crippen LogP contribution in [0.4, 0.5) is 0 Å². The van der Waals surface area contributed by atoms with Gasteiger partial charge < -0.3 is 9.64 Å². The second-order valence-corrected chi connectivity index (χ2v) is 6.17. The lowest BCUT2D eigenvalue weighted by molar-refractivity contribution is -0.0708. The van der Waals surface area contributed by atoms with Gasteiger partial charge >= 0.3 is 0 Å². The van der Waals surface area contributed by atoms with E-state index in [1.165, 1.54) is 16.6 Å². The van der Waals surface area contributed by atoms with Crippen molar-refractivity contribution in [1.29, 1.82) is 0 Å². The molecule has 0 N–H and O–H groups in total. The Morgan fingerprint density at radius 2 is 2.08 bits per heavy atom. The fourth-order valence-corrected chi connectivity index (χ4v) is 3.09. The van der Waals surface area contributed by atoms with Crippen molar-refractivity contribution in [3.8, 4) is 0 Å². The molecule has 128 valence electrons. The van der Waals surface area contributed by atoms with Crippen LogP contribution in [-0.4, -0.2) is 70.4 Å². The molecule has 1 aromatic heterocycles. The van der Waals surface area contributed by atoms with Gasteiger partial charge in [0.05, 0.1) is 18.8 Å². The maximum Gasteiger partial charge on any atom is 0.293 e. The summed E-state index contributed by atoms with van der Waals surface area (Å²) in [5.41, 5.74) is 1.20. The normalized spacial score (nSPS) is 21.6. The zero-order valence-electron chi connectivity index (χ0n) is 14.3. The van der Waals surface area contributed by atoms with Gasteiger partial charge in [-0.3, -0.25) is 14.4 Å². The molecule has 2 aromatic rings. The molecule has 0 spiro atoms. The molecule has 24 heavy (non-hydrogen) atoms. The third-order valence-electron chi connectivity index (χ3n) is 4.34. The van der Waals surface area contributed by atoms with Crippen molar-refractivity contribution in [2.45, 2.75) is 12.1 Å². The summed E-state index contributed by atoms with van der Waals surface area (Å²) in [5.74, 6) is 0.0136. The van der Waals surface area contributed by atoms with Crippen LogP contribution in [0.1, 0.15) is 22.2 Å². The van der Waals surface area contributed by atoms with Crippen molar-refractivity contribution in [3.63, 3.8) is 0 Å². The van der Waals surface area contributed by atoms with Crippen molar-refractivity contribution in [3.05, 3.63) is 48.0 Å². The van der Waals surface area contributed by atoms with Crippen LogP contribution in [0.5, 0.6) is 0 Å². The molecule has 7 heteroatoms. The van der Waals surface area contributed by atoms with Crippen LogP contribution in [0.2, 0.25) is 0 Å². The Morgan fingerprint density at radius 3 is 2.75 bits per heavy atom. The van der Waals surface area contributed by atoms with Gasteiger partial charge in [-0.2, -0.15) is 0 Å². The topological polar surface area (TPSA) is 63.5 Å². The van der Waals surface area contributed by atoms with E-state index in [9.17, 15) is 4.79 Å². The molecule has 0 saturated carbocycles. The Kier molecular flexibility index (Phi) is 4.92. The van der Waals surface area contributed by atoms with E-state index in [-0.39, 0.29) is 23.9 Å². The predicted molar refractivity (Wildman–Crippen MR) is 89.5 cm³/mol. The largest absolute Gasteiger partial charge is 0.373 e. The van der Waals surface area contributed by atoms with Gasteiger partial charge in [0.2, 0.25) is 5.82 Å². The number of benzene rings is 1. The van der Waals surface area contributed by atoms with Gasteiger partial charge in [0.1, 0.15) is 6.33 Å². The van der Waals surface area contributed by atoms with Crippen LogP contribution >= 0.6 is 0 Å². The molecular formula is C17H23N5O2. The molecule has 2 atom stereocenters.